The highest BCUT2D eigenvalue weighted by atomic mass is 35.5. The molecule has 200 valence electrons. The Bertz CT molecular complexity index is 1410. The van der Waals surface area contributed by atoms with Crippen LogP contribution in [0, 0.1) is 6.92 Å². The first-order valence-electron chi connectivity index (χ1n) is 11.2. The molecular formula is C26H26ClF3O6S. The lowest BCUT2D eigenvalue weighted by Gasteiger charge is -2.29. The molecule has 3 rings (SSSR count). The molecule has 0 saturated carbocycles. The van der Waals surface area contributed by atoms with Gasteiger partial charge in [-0.3, -0.25) is 0 Å². The standard InChI is InChI=1S/C26H26ClF3O6S/c1-6-34-24(31)23(35-25(3,4)5)21-15(2)13-17-14-19(36-37(32,33)26(28,29)30)11-12-20(17)22(21)16-7-9-18(27)10-8-16/h7-14,23H,6H2,1-5H3/t23-/m0/s1. The molecule has 0 unspecified atom stereocenters. The Kier molecular flexibility index (Phi) is 8.16. The lowest BCUT2D eigenvalue weighted by molar-refractivity contribution is -0.166. The molecule has 0 aliphatic carbocycles. The summed E-state index contributed by atoms with van der Waals surface area (Å²) in [4.78, 5) is 13.1. The highest BCUT2D eigenvalue weighted by molar-refractivity contribution is 7.88. The largest absolute Gasteiger partial charge is 0.534 e. The highest BCUT2D eigenvalue weighted by Gasteiger charge is 2.48. The van der Waals surface area contributed by atoms with Gasteiger partial charge >= 0.3 is 21.6 Å². The van der Waals surface area contributed by atoms with Gasteiger partial charge in [-0.25, -0.2) is 4.79 Å². The molecule has 0 aromatic heterocycles. The fraction of sp³-hybridized carbons (Fsp3) is 0.346. The van der Waals surface area contributed by atoms with Gasteiger partial charge in [-0.1, -0.05) is 35.9 Å². The van der Waals surface area contributed by atoms with Crippen LogP contribution in [-0.2, 0) is 24.4 Å². The number of hydrogen-bond donors (Lipinski definition) is 0. The predicted octanol–water partition coefficient (Wildman–Crippen LogP) is 7.12. The molecule has 6 nitrogen and oxygen atoms in total. The number of ether oxygens (including phenoxy) is 2. The molecule has 0 saturated heterocycles. The van der Waals surface area contributed by atoms with E-state index in [1.807, 2.05) is 0 Å². The van der Waals surface area contributed by atoms with Crippen molar-refractivity contribution in [1.29, 1.82) is 0 Å². The molecule has 1 atom stereocenters. The molecule has 3 aromatic carbocycles. The Morgan fingerprint density at radius 2 is 1.65 bits per heavy atom. The zero-order valence-electron chi connectivity index (χ0n) is 20.8. The summed E-state index contributed by atoms with van der Waals surface area (Å²) < 4.78 is 77.4. The molecule has 0 amide bonds. The smallest absolute Gasteiger partial charge is 0.464 e. The maximum absolute atomic E-state index is 13.1. The number of rotatable bonds is 7. The number of carbonyl (C=O) groups excluding carboxylic acids is 1. The van der Waals surface area contributed by atoms with Crippen LogP contribution in [0.5, 0.6) is 5.75 Å². The van der Waals surface area contributed by atoms with Crippen molar-refractivity contribution in [3.63, 3.8) is 0 Å². The summed E-state index contributed by atoms with van der Waals surface area (Å²) in [6.45, 7) is 8.90. The van der Waals surface area contributed by atoms with E-state index in [-0.39, 0.29) is 6.61 Å². The Balaban J connectivity index is 2.33. The lowest BCUT2D eigenvalue weighted by Crippen LogP contribution is -2.29. The topological polar surface area (TPSA) is 78.9 Å². The summed E-state index contributed by atoms with van der Waals surface area (Å²) in [5, 5.41) is 1.38. The van der Waals surface area contributed by atoms with Crippen molar-refractivity contribution in [2.24, 2.45) is 0 Å². The van der Waals surface area contributed by atoms with Crippen LogP contribution in [0.15, 0.2) is 48.5 Å². The number of carbonyl (C=O) groups is 1. The molecule has 11 heteroatoms. The van der Waals surface area contributed by atoms with Gasteiger partial charge in [0, 0.05) is 10.6 Å². The predicted molar refractivity (Wildman–Crippen MR) is 135 cm³/mol. The molecule has 37 heavy (non-hydrogen) atoms. The van der Waals surface area contributed by atoms with Gasteiger partial charge in [0.2, 0.25) is 0 Å². The van der Waals surface area contributed by atoms with Crippen molar-refractivity contribution in [3.05, 3.63) is 64.7 Å². The Morgan fingerprint density at radius 1 is 1.03 bits per heavy atom. The molecule has 0 radical (unpaired) electrons. The molecular weight excluding hydrogens is 533 g/mol. The first-order valence-corrected chi connectivity index (χ1v) is 13.0. The van der Waals surface area contributed by atoms with Crippen molar-refractivity contribution in [1.82, 2.24) is 0 Å². The minimum absolute atomic E-state index is 0.125. The van der Waals surface area contributed by atoms with E-state index in [1.165, 1.54) is 12.1 Å². The summed E-state index contributed by atoms with van der Waals surface area (Å²) in [5.41, 5.74) is -4.04. The zero-order chi connectivity index (χ0) is 27.8. The third-order valence-corrected chi connectivity index (χ3v) is 6.45. The van der Waals surface area contributed by atoms with Crippen LogP contribution in [0.3, 0.4) is 0 Å². The van der Waals surface area contributed by atoms with Gasteiger partial charge < -0.3 is 13.7 Å². The van der Waals surface area contributed by atoms with E-state index in [4.69, 9.17) is 21.1 Å². The number of halogens is 4. The summed E-state index contributed by atoms with van der Waals surface area (Å²) >= 11 is 6.08. The van der Waals surface area contributed by atoms with Crippen molar-refractivity contribution < 1.29 is 40.0 Å². The Labute approximate surface area is 218 Å². The van der Waals surface area contributed by atoms with Crippen LogP contribution >= 0.6 is 11.6 Å². The summed E-state index contributed by atoms with van der Waals surface area (Å²) in [6.07, 6.45) is -1.13. The molecule has 0 bridgehead atoms. The quantitative estimate of drug-likeness (QED) is 0.175. The number of benzene rings is 3. The van der Waals surface area contributed by atoms with E-state index in [0.717, 1.165) is 6.07 Å². The van der Waals surface area contributed by atoms with Gasteiger partial charge in [-0.15, -0.1) is 0 Å². The van der Waals surface area contributed by atoms with Gasteiger partial charge in [-0.05, 0) is 86.3 Å². The van der Waals surface area contributed by atoms with Crippen molar-refractivity contribution in [2.45, 2.75) is 51.8 Å². The van der Waals surface area contributed by atoms with Crippen LogP contribution in [0.1, 0.15) is 44.9 Å². The summed E-state index contributed by atoms with van der Waals surface area (Å²) in [6, 6.07) is 12.2. The average Bonchev–Trinajstić information content (AvgIpc) is 2.76. The normalized spacial score (nSPS) is 13.4. The third kappa shape index (κ3) is 6.55. The molecule has 0 fully saturated rings. The SMILES string of the molecule is CCOC(=O)[C@@H](OC(C)(C)C)c1c(C)cc2cc(OS(=O)(=O)C(F)(F)F)ccc2c1-c1ccc(Cl)cc1. The van der Waals surface area contributed by atoms with Crippen LogP contribution in [-0.4, -0.2) is 32.1 Å². The lowest BCUT2D eigenvalue weighted by atomic mass is 9.87. The van der Waals surface area contributed by atoms with E-state index >= 15 is 0 Å². The van der Waals surface area contributed by atoms with E-state index in [0.29, 0.717) is 38.0 Å². The Morgan fingerprint density at radius 3 is 2.19 bits per heavy atom. The first kappa shape index (κ1) is 28.7. The maximum atomic E-state index is 13.1. The minimum atomic E-state index is -5.85. The summed E-state index contributed by atoms with van der Waals surface area (Å²) in [5.74, 6) is -1.11. The first-order chi connectivity index (χ1) is 17.0. The van der Waals surface area contributed by atoms with Gasteiger partial charge in [0.15, 0.2) is 6.10 Å². The molecule has 3 aromatic rings. The second-order valence-electron chi connectivity index (χ2n) is 9.22. The molecule has 0 heterocycles. The number of esters is 1. The van der Waals surface area contributed by atoms with Crippen LogP contribution < -0.4 is 4.18 Å². The fourth-order valence-electron chi connectivity index (χ4n) is 3.83. The van der Waals surface area contributed by atoms with Crippen molar-refractivity contribution >= 4 is 38.5 Å². The molecule has 0 N–H and O–H groups in total. The third-order valence-electron chi connectivity index (χ3n) is 5.22. The average molecular weight is 559 g/mol. The number of hydrogen-bond acceptors (Lipinski definition) is 6. The second kappa shape index (κ2) is 10.5. The zero-order valence-corrected chi connectivity index (χ0v) is 22.3. The van der Waals surface area contributed by atoms with Crippen molar-refractivity contribution in [2.75, 3.05) is 6.61 Å². The fourth-order valence-corrected chi connectivity index (χ4v) is 4.41. The van der Waals surface area contributed by atoms with E-state index in [1.54, 1.807) is 65.0 Å². The highest BCUT2D eigenvalue weighted by Crippen LogP contribution is 2.42. The van der Waals surface area contributed by atoms with Gasteiger partial charge in [0.25, 0.3) is 0 Å². The number of aryl methyl sites for hydroxylation is 1. The monoisotopic (exact) mass is 558 g/mol. The van der Waals surface area contributed by atoms with Crippen LogP contribution in [0.25, 0.3) is 21.9 Å². The maximum Gasteiger partial charge on any atom is 0.534 e. The molecule has 0 aliphatic rings. The number of fused-ring (bicyclic) bond motifs is 1. The number of alkyl halides is 3. The van der Waals surface area contributed by atoms with E-state index in [2.05, 4.69) is 4.18 Å². The minimum Gasteiger partial charge on any atom is -0.464 e. The summed E-state index contributed by atoms with van der Waals surface area (Å²) in [7, 11) is -5.85. The van der Waals surface area contributed by atoms with E-state index in [9.17, 15) is 26.4 Å². The van der Waals surface area contributed by atoms with Gasteiger partial charge in [0.05, 0.1) is 12.2 Å². The van der Waals surface area contributed by atoms with Crippen molar-refractivity contribution in [3.8, 4) is 16.9 Å². The van der Waals surface area contributed by atoms with Gasteiger partial charge in [0.1, 0.15) is 5.75 Å². The van der Waals surface area contributed by atoms with E-state index < -0.39 is 39.1 Å². The Hall–Kier alpha value is -2.82. The molecule has 0 aliphatic heterocycles. The van der Waals surface area contributed by atoms with Crippen LogP contribution in [0.2, 0.25) is 5.02 Å². The molecule has 0 spiro atoms. The van der Waals surface area contributed by atoms with Gasteiger partial charge in [-0.2, -0.15) is 21.6 Å². The second-order valence-corrected chi connectivity index (χ2v) is 11.2. The van der Waals surface area contributed by atoms with Crippen LogP contribution in [0.4, 0.5) is 13.2 Å².